The average Bonchev–Trinajstić information content (AvgIpc) is 2.76. The summed E-state index contributed by atoms with van der Waals surface area (Å²) in [6, 6.07) is 13.6. The molecule has 0 radical (unpaired) electrons. The van der Waals surface area contributed by atoms with E-state index in [1.54, 1.807) is 36.2 Å². The second-order valence-electron chi connectivity index (χ2n) is 7.77. The van der Waals surface area contributed by atoms with E-state index >= 15 is 0 Å². The number of halogens is 3. The number of anilines is 1. The van der Waals surface area contributed by atoms with Crippen LogP contribution >= 0.6 is 0 Å². The van der Waals surface area contributed by atoms with Gasteiger partial charge in [0, 0.05) is 13.6 Å². The SMILES string of the molecule is CN(CC(=O)c1c(N)n(Cc2ccccc2)c(=O)n(C)c1=O)Cc1ccc(C(F)(F)F)cc1. The van der Waals surface area contributed by atoms with Crippen molar-refractivity contribution < 1.29 is 18.0 Å². The molecule has 7 nitrogen and oxygen atoms in total. The number of carbonyl (C=O) groups excluding carboxylic acids is 1. The van der Waals surface area contributed by atoms with E-state index in [1.807, 2.05) is 6.07 Å². The number of aromatic nitrogens is 2. The van der Waals surface area contributed by atoms with Gasteiger partial charge in [0.15, 0.2) is 5.78 Å². The minimum absolute atomic E-state index is 0.0846. The number of ketones is 1. The molecule has 174 valence electrons. The number of carbonyl (C=O) groups is 1. The van der Waals surface area contributed by atoms with Crippen molar-refractivity contribution in [2.45, 2.75) is 19.3 Å². The van der Waals surface area contributed by atoms with Crippen molar-refractivity contribution in [2.75, 3.05) is 19.3 Å². The Hall–Kier alpha value is -3.66. The van der Waals surface area contributed by atoms with E-state index in [2.05, 4.69) is 0 Å². The smallest absolute Gasteiger partial charge is 0.384 e. The number of nitrogens with two attached hydrogens (primary N) is 1. The molecule has 2 N–H and O–H groups in total. The summed E-state index contributed by atoms with van der Waals surface area (Å²) in [7, 11) is 2.87. The molecule has 0 saturated carbocycles. The lowest BCUT2D eigenvalue weighted by Gasteiger charge is -2.18. The Bertz CT molecular complexity index is 1260. The van der Waals surface area contributed by atoms with Gasteiger partial charge in [-0.3, -0.25) is 23.6 Å². The van der Waals surface area contributed by atoms with Gasteiger partial charge >= 0.3 is 11.9 Å². The van der Waals surface area contributed by atoms with Gasteiger partial charge in [-0.25, -0.2) is 4.79 Å². The zero-order valence-electron chi connectivity index (χ0n) is 18.1. The number of nitrogens with zero attached hydrogens (tertiary/aromatic N) is 3. The number of hydrogen-bond acceptors (Lipinski definition) is 5. The summed E-state index contributed by atoms with van der Waals surface area (Å²) in [6.07, 6.45) is -4.43. The highest BCUT2D eigenvalue weighted by Crippen LogP contribution is 2.29. The Kier molecular flexibility index (Phi) is 6.87. The van der Waals surface area contributed by atoms with E-state index in [-0.39, 0.29) is 31.0 Å². The number of Topliss-reactive ketones (excluding diaryl/α,β-unsaturated/α-hetero) is 1. The van der Waals surface area contributed by atoms with Crippen molar-refractivity contribution in [2.24, 2.45) is 7.05 Å². The van der Waals surface area contributed by atoms with E-state index in [1.165, 1.54) is 23.7 Å². The van der Waals surface area contributed by atoms with Gasteiger partial charge in [-0.2, -0.15) is 13.2 Å². The molecule has 0 unspecified atom stereocenters. The van der Waals surface area contributed by atoms with Crippen LogP contribution in [0, 0.1) is 0 Å². The topological polar surface area (TPSA) is 90.3 Å². The number of alkyl halides is 3. The van der Waals surface area contributed by atoms with Gasteiger partial charge in [-0.05, 0) is 30.3 Å². The normalized spacial score (nSPS) is 11.7. The summed E-state index contributed by atoms with van der Waals surface area (Å²) in [4.78, 5) is 39.7. The molecule has 0 amide bonds. The Morgan fingerprint density at radius 1 is 1.00 bits per heavy atom. The van der Waals surface area contributed by atoms with Crippen molar-refractivity contribution in [3.05, 3.63) is 97.7 Å². The molecule has 0 spiro atoms. The number of likely N-dealkylation sites (N-methyl/N-ethyl adjacent to an activating group) is 1. The Balaban J connectivity index is 1.83. The molecule has 0 bridgehead atoms. The van der Waals surface area contributed by atoms with Crippen LogP contribution in [0.2, 0.25) is 0 Å². The molecule has 10 heteroatoms. The molecule has 0 aliphatic heterocycles. The summed E-state index contributed by atoms with van der Waals surface area (Å²) < 4.78 is 40.2. The van der Waals surface area contributed by atoms with Crippen LogP contribution in [0.25, 0.3) is 0 Å². The maximum Gasteiger partial charge on any atom is 0.416 e. The van der Waals surface area contributed by atoms with E-state index < -0.39 is 28.8 Å². The third-order valence-corrected chi connectivity index (χ3v) is 5.19. The summed E-state index contributed by atoms with van der Waals surface area (Å²) in [5.74, 6) is -0.816. The first kappa shape index (κ1) is 24.0. The van der Waals surface area contributed by atoms with Crippen LogP contribution in [0.3, 0.4) is 0 Å². The number of rotatable bonds is 7. The van der Waals surface area contributed by atoms with Crippen LogP contribution in [-0.4, -0.2) is 33.4 Å². The number of nitrogen functional groups attached to an aromatic ring is 1. The molecule has 2 aromatic carbocycles. The summed E-state index contributed by atoms with van der Waals surface area (Å²) in [6.45, 7) is 0.0407. The lowest BCUT2D eigenvalue weighted by atomic mass is 10.1. The summed E-state index contributed by atoms with van der Waals surface area (Å²) >= 11 is 0. The molecule has 3 rings (SSSR count). The maximum absolute atomic E-state index is 12.9. The van der Waals surface area contributed by atoms with Crippen LogP contribution in [0.4, 0.5) is 19.0 Å². The minimum Gasteiger partial charge on any atom is -0.384 e. The van der Waals surface area contributed by atoms with Crippen molar-refractivity contribution in [3.8, 4) is 0 Å². The molecular formula is C23H23F3N4O3. The highest BCUT2D eigenvalue weighted by Gasteiger charge is 2.30. The van der Waals surface area contributed by atoms with E-state index in [0.29, 0.717) is 5.56 Å². The van der Waals surface area contributed by atoms with Gasteiger partial charge in [0.2, 0.25) is 0 Å². The molecule has 0 atom stereocenters. The van der Waals surface area contributed by atoms with Crippen molar-refractivity contribution in [3.63, 3.8) is 0 Å². The number of hydrogen-bond donors (Lipinski definition) is 1. The predicted octanol–water partition coefficient (Wildman–Crippen LogP) is 2.51. The lowest BCUT2D eigenvalue weighted by molar-refractivity contribution is -0.137. The molecule has 0 aliphatic rings. The second kappa shape index (κ2) is 9.45. The first-order valence-electron chi connectivity index (χ1n) is 10.00. The second-order valence-corrected chi connectivity index (χ2v) is 7.77. The standard InChI is InChI=1S/C23H23F3N4O3/c1-28(12-16-8-10-17(11-9-16)23(24,25)26)14-18(31)19-20(27)30(22(33)29(2)21(19)32)13-15-6-4-3-5-7-15/h3-11H,12-14,27H2,1-2H3. The predicted molar refractivity (Wildman–Crippen MR) is 118 cm³/mol. The van der Waals surface area contributed by atoms with E-state index in [4.69, 9.17) is 5.73 Å². The highest BCUT2D eigenvalue weighted by atomic mass is 19.4. The molecule has 3 aromatic rings. The molecule has 0 aliphatic carbocycles. The van der Waals surface area contributed by atoms with Crippen LogP contribution in [-0.2, 0) is 26.3 Å². The van der Waals surface area contributed by atoms with Crippen LogP contribution in [0.1, 0.15) is 27.0 Å². The van der Waals surface area contributed by atoms with Gasteiger partial charge in [-0.1, -0.05) is 42.5 Å². The van der Waals surface area contributed by atoms with Crippen molar-refractivity contribution in [1.29, 1.82) is 0 Å². The fourth-order valence-corrected chi connectivity index (χ4v) is 3.46. The van der Waals surface area contributed by atoms with Crippen LogP contribution in [0.5, 0.6) is 0 Å². The van der Waals surface area contributed by atoms with Crippen LogP contribution in [0.15, 0.2) is 64.2 Å². The average molecular weight is 460 g/mol. The minimum atomic E-state index is -4.43. The largest absolute Gasteiger partial charge is 0.416 e. The van der Waals surface area contributed by atoms with Gasteiger partial charge < -0.3 is 5.73 Å². The van der Waals surface area contributed by atoms with Crippen molar-refractivity contribution in [1.82, 2.24) is 14.0 Å². The van der Waals surface area contributed by atoms with Crippen LogP contribution < -0.4 is 17.0 Å². The molecule has 1 heterocycles. The van der Waals surface area contributed by atoms with Gasteiger partial charge in [-0.15, -0.1) is 0 Å². The Morgan fingerprint density at radius 2 is 1.61 bits per heavy atom. The first-order chi connectivity index (χ1) is 15.5. The van der Waals surface area contributed by atoms with E-state index in [9.17, 15) is 27.6 Å². The van der Waals surface area contributed by atoms with Crippen molar-refractivity contribution >= 4 is 11.6 Å². The molecule has 33 heavy (non-hydrogen) atoms. The Morgan fingerprint density at radius 3 is 2.18 bits per heavy atom. The van der Waals surface area contributed by atoms with Gasteiger partial charge in [0.1, 0.15) is 11.4 Å². The first-order valence-corrected chi connectivity index (χ1v) is 10.00. The summed E-state index contributed by atoms with van der Waals surface area (Å²) in [5, 5.41) is 0. The monoisotopic (exact) mass is 460 g/mol. The van der Waals surface area contributed by atoms with Gasteiger partial charge in [0.25, 0.3) is 5.56 Å². The maximum atomic E-state index is 12.9. The fourth-order valence-electron chi connectivity index (χ4n) is 3.46. The third kappa shape index (κ3) is 5.40. The molecule has 1 aromatic heterocycles. The highest BCUT2D eigenvalue weighted by molar-refractivity contribution is 6.01. The third-order valence-electron chi connectivity index (χ3n) is 5.19. The summed E-state index contributed by atoms with van der Waals surface area (Å²) in [5.41, 5.74) is 4.92. The van der Waals surface area contributed by atoms with Gasteiger partial charge in [0.05, 0.1) is 18.7 Å². The zero-order chi connectivity index (χ0) is 24.3. The fraction of sp³-hybridized carbons (Fsp3) is 0.261. The van der Waals surface area contributed by atoms with E-state index in [0.717, 1.165) is 22.3 Å². The number of benzene rings is 2. The lowest BCUT2D eigenvalue weighted by Crippen LogP contribution is -2.44. The Labute approximate surface area is 187 Å². The molecule has 0 fully saturated rings. The quantitative estimate of drug-likeness (QED) is 0.548. The zero-order valence-corrected chi connectivity index (χ0v) is 18.1. The molecule has 0 saturated heterocycles. The molecular weight excluding hydrogens is 437 g/mol.